The molecule has 0 saturated carbocycles. The minimum absolute atomic E-state index is 0.0394. The molecule has 0 radical (unpaired) electrons. The van der Waals surface area contributed by atoms with Gasteiger partial charge in [-0.25, -0.2) is 0 Å². The number of nitrogens with two attached hydrogens (primary N) is 1. The number of benzene rings is 1. The van der Waals surface area contributed by atoms with Gasteiger partial charge >= 0.3 is 0 Å². The summed E-state index contributed by atoms with van der Waals surface area (Å²) in [5.74, 6) is 0.698. The SMILES string of the molecule is CC(C)c1ccccc1.CCNC(=N)N. The van der Waals surface area contributed by atoms with Gasteiger partial charge in [-0.05, 0) is 18.4 Å². The molecule has 84 valence electrons. The Labute approximate surface area is 92.2 Å². The summed E-state index contributed by atoms with van der Waals surface area (Å²) < 4.78 is 0. The molecule has 15 heavy (non-hydrogen) atoms. The lowest BCUT2D eigenvalue weighted by atomic mass is 10.0. The molecule has 3 heteroatoms. The molecule has 0 aliphatic carbocycles. The van der Waals surface area contributed by atoms with Crippen molar-refractivity contribution in [2.24, 2.45) is 5.73 Å². The lowest BCUT2D eigenvalue weighted by Crippen LogP contribution is -2.29. The molecule has 0 unspecified atom stereocenters. The Morgan fingerprint density at radius 1 is 1.33 bits per heavy atom. The van der Waals surface area contributed by atoms with Gasteiger partial charge in [-0.3, -0.25) is 5.41 Å². The van der Waals surface area contributed by atoms with Gasteiger partial charge in [0.2, 0.25) is 0 Å². The van der Waals surface area contributed by atoms with Crippen molar-refractivity contribution in [3.8, 4) is 0 Å². The summed E-state index contributed by atoms with van der Waals surface area (Å²) in [6, 6.07) is 10.5. The highest BCUT2D eigenvalue weighted by molar-refractivity contribution is 5.74. The molecule has 0 heterocycles. The van der Waals surface area contributed by atoms with Gasteiger partial charge in [-0.1, -0.05) is 44.2 Å². The summed E-state index contributed by atoms with van der Waals surface area (Å²) in [5.41, 5.74) is 6.29. The molecule has 0 aliphatic rings. The molecule has 0 fully saturated rings. The van der Waals surface area contributed by atoms with Crippen LogP contribution in [0, 0.1) is 5.41 Å². The molecule has 1 aromatic carbocycles. The molecule has 0 bridgehead atoms. The molecule has 3 nitrogen and oxygen atoms in total. The standard InChI is InChI=1S/C9H12.C3H9N3/c1-8(2)9-6-4-3-5-7-9;1-2-6-3(4)5/h3-8H,1-2H3;2H2,1H3,(H4,4,5,6). The van der Waals surface area contributed by atoms with Crippen molar-refractivity contribution < 1.29 is 0 Å². The van der Waals surface area contributed by atoms with E-state index in [1.807, 2.05) is 13.0 Å². The maximum Gasteiger partial charge on any atom is 0.185 e. The van der Waals surface area contributed by atoms with E-state index >= 15 is 0 Å². The summed E-state index contributed by atoms with van der Waals surface area (Å²) >= 11 is 0. The van der Waals surface area contributed by atoms with Gasteiger partial charge in [0.25, 0.3) is 0 Å². The lowest BCUT2D eigenvalue weighted by Gasteiger charge is -2.01. The Balaban J connectivity index is 0.000000288. The highest BCUT2D eigenvalue weighted by Gasteiger charge is 1.93. The first-order valence-corrected chi connectivity index (χ1v) is 5.20. The van der Waals surface area contributed by atoms with E-state index in [0.29, 0.717) is 5.92 Å². The Bertz CT molecular complexity index is 267. The van der Waals surface area contributed by atoms with Gasteiger partial charge in [-0.15, -0.1) is 0 Å². The van der Waals surface area contributed by atoms with Crippen LogP contribution in [0.25, 0.3) is 0 Å². The van der Waals surface area contributed by atoms with Crippen molar-refractivity contribution in [1.82, 2.24) is 5.32 Å². The van der Waals surface area contributed by atoms with E-state index < -0.39 is 0 Å². The lowest BCUT2D eigenvalue weighted by molar-refractivity contribution is 0.867. The van der Waals surface area contributed by atoms with Crippen LogP contribution in [0.1, 0.15) is 32.3 Å². The van der Waals surface area contributed by atoms with Gasteiger partial charge in [-0.2, -0.15) is 0 Å². The fourth-order valence-corrected chi connectivity index (χ4v) is 1.03. The number of nitrogens with one attached hydrogen (secondary N) is 2. The highest BCUT2D eigenvalue weighted by atomic mass is 15.0. The smallest absolute Gasteiger partial charge is 0.185 e. The second-order valence-electron chi connectivity index (χ2n) is 3.51. The topological polar surface area (TPSA) is 61.9 Å². The third kappa shape index (κ3) is 7.55. The zero-order valence-corrected chi connectivity index (χ0v) is 9.75. The Hall–Kier alpha value is -1.51. The van der Waals surface area contributed by atoms with Crippen molar-refractivity contribution in [1.29, 1.82) is 5.41 Å². The normalized spacial score (nSPS) is 9.07. The van der Waals surface area contributed by atoms with Crippen LogP contribution in [-0.2, 0) is 0 Å². The predicted molar refractivity (Wildman–Crippen MR) is 66.1 cm³/mol. The summed E-state index contributed by atoms with van der Waals surface area (Å²) in [7, 11) is 0. The highest BCUT2D eigenvalue weighted by Crippen LogP contribution is 2.11. The van der Waals surface area contributed by atoms with E-state index in [1.165, 1.54) is 5.56 Å². The minimum atomic E-state index is 0.0394. The first-order valence-electron chi connectivity index (χ1n) is 5.20. The van der Waals surface area contributed by atoms with Crippen LogP contribution in [0.15, 0.2) is 30.3 Å². The second-order valence-corrected chi connectivity index (χ2v) is 3.51. The van der Waals surface area contributed by atoms with E-state index in [0.717, 1.165) is 6.54 Å². The van der Waals surface area contributed by atoms with E-state index in [2.05, 4.69) is 43.4 Å². The number of hydrogen-bond donors (Lipinski definition) is 3. The van der Waals surface area contributed by atoms with Gasteiger partial charge in [0.15, 0.2) is 5.96 Å². The number of rotatable bonds is 2. The summed E-state index contributed by atoms with van der Waals surface area (Å²) in [6.07, 6.45) is 0. The van der Waals surface area contributed by atoms with Gasteiger partial charge in [0, 0.05) is 6.54 Å². The van der Waals surface area contributed by atoms with Crippen molar-refractivity contribution >= 4 is 5.96 Å². The Kier molecular flexibility index (Phi) is 7.06. The third-order valence-corrected chi connectivity index (χ3v) is 1.83. The first-order chi connectivity index (χ1) is 7.07. The first kappa shape index (κ1) is 13.5. The number of guanidine groups is 1. The fraction of sp³-hybridized carbons (Fsp3) is 0.417. The molecule has 0 aromatic heterocycles. The molecule has 0 saturated heterocycles. The number of hydrogen-bond acceptors (Lipinski definition) is 1. The zero-order chi connectivity index (χ0) is 11.7. The average Bonchev–Trinajstić information content (AvgIpc) is 2.20. The van der Waals surface area contributed by atoms with Crippen molar-refractivity contribution in [3.05, 3.63) is 35.9 Å². The van der Waals surface area contributed by atoms with E-state index in [1.54, 1.807) is 0 Å². The van der Waals surface area contributed by atoms with Crippen LogP contribution in [0.3, 0.4) is 0 Å². The maximum atomic E-state index is 6.56. The fourth-order valence-electron chi connectivity index (χ4n) is 1.03. The minimum Gasteiger partial charge on any atom is -0.370 e. The van der Waals surface area contributed by atoms with Gasteiger partial charge in [0.1, 0.15) is 0 Å². The van der Waals surface area contributed by atoms with Crippen molar-refractivity contribution in [2.45, 2.75) is 26.7 Å². The van der Waals surface area contributed by atoms with Crippen LogP contribution in [0.2, 0.25) is 0 Å². The molecule has 0 spiro atoms. The molecule has 1 rings (SSSR count). The second kappa shape index (κ2) is 7.85. The summed E-state index contributed by atoms with van der Waals surface area (Å²) in [5, 5.41) is 9.13. The van der Waals surface area contributed by atoms with Crippen molar-refractivity contribution in [3.63, 3.8) is 0 Å². The molecular formula is C12H21N3. The van der Waals surface area contributed by atoms with E-state index in [-0.39, 0.29) is 5.96 Å². The molecule has 0 aliphatic heterocycles. The van der Waals surface area contributed by atoms with Crippen LogP contribution < -0.4 is 11.1 Å². The largest absolute Gasteiger partial charge is 0.370 e. The van der Waals surface area contributed by atoms with Crippen LogP contribution in [0.5, 0.6) is 0 Å². The quantitative estimate of drug-likeness (QED) is 0.514. The van der Waals surface area contributed by atoms with Gasteiger partial charge in [0.05, 0.1) is 0 Å². The Morgan fingerprint density at radius 2 is 1.87 bits per heavy atom. The predicted octanol–water partition coefficient (Wildman–Crippen LogP) is 2.30. The van der Waals surface area contributed by atoms with Gasteiger partial charge < -0.3 is 11.1 Å². The van der Waals surface area contributed by atoms with Crippen LogP contribution in [0.4, 0.5) is 0 Å². The van der Waals surface area contributed by atoms with E-state index in [9.17, 15) is 0 Å². The molecule has 4 N–H and O–H groups in total. The zero-order valence-electron chi connectivity index (χ0n) is 9.75. The maximum absolute atomic E-state index is 6.56. The summed E-state index contributed by atoms with van der Waals surface area (Å²) in [4.78, 5) is 0. The van der Waals surface area contributed by atoms with Crippen LogP contribution >= 0.6 is 0 Å². The monoisotopic (exact) mass is 207 g/mol. The molecule has 0 atom stereocenters. The molecular weight excluding hydrogens is 186 g/mol. The molecule has 1 aromatic rings. The Morgan fingerprint density at radius 3 is 2.07 bits per heavy atom. The summed E-state index contributed by atoms with van der Waals surface area (Å²) in [6.45, 7) is 7.03. The van der Waals surface area contributed by atoms with E-state index in [4.69, 9.17) is 11.1 Å². The average molecular weight is 207 g/mol. The van der Waals surface area contributed by atoms with Crippen LogP contribution in [-0.4, -0.2) is 12.5 Å². The van der Waals surface area contributed by atoms with Crippen molar-refractivity contribution in [2.75, 3.05) is 6.54 Å². The molecule has 0 amide bonds. The third-order valence-electron chi connectivity index (χ3n) is 1.83.